The molecule has 0 aliphatic rings. The summed E-state index contributed by atoms with van der Waals surface area (Å²) in [7, 11) is 0. The van der Waals surface area contributed by atoms with Gasteiger partial charge in [-0.15, -0.1) is 0 Å². The molecule has 3 nitrogen and oxygen atoms in total. The number of carboxylic acids is 1. The Labute approximate surface area is 128 Å². The van der Waals surface area contributed by atoms with E-state index in [9.17, 15) is 9.90 Å². The monoisotopic (exact) mass is 304 g/mol. The second-order valence-electron chi connectivity index (χ2n) is 4.93. The molecule has 2 aromatic carbocycles. The van der Waals surface area contributed by atoms with E-state index >= 15 is 0 Å². The SMILES string of the molecule is O=C(O)CCCC(O)c1ccc(-c2ccc(Cl)cc2)cc1. The van der Waals surface area contributed by atoms with Crippen LogP contribution in [0.3, 0.4) is 0 Å². The average molecular weight is 305 g/mol. The number of aliphatic carboxylic acids is 1. The van der Waals surface area contributed by atoms with Crippen LogP contribution >= 0.6 is 11.6 Å². The van der Waals surface area contributed by atoms with Gasteiger partial charge in [0, 0.05) is 11.4 Å². The standard InChI is InChI=1S/C17H17ClO3/c18-15-10-8-13(9-11-15)12-4-6-14(7-5-12)16(19)2-1-3-17(20)21/h4-11,16,19H,1-3H2,(H,20,21). The molecule has 2 N–H and O–H groups in total. The number of benzene rings is 2. The van der Waals surface area contributed by atoms with Crippen molar-refractivity contribution in [2.24, 2.45) is 0 Å². The van der Waals surface area contributed by atoms with Crippen molar-refractivity contribution < 1.29 is 15.0 Å². The summed E-state index contributed by atoms with van der Waals surface area (Å²) in [5, 5.41) is 19.3. The first-order valence-corrected chi connectivity index (χ1v) is 7.20. The van der Waals surface area contributed by atoms with E-state index in [1.165, 1.54) is 0 Å². The Morgan fingerprint density at radius 1 is 1.00 bits per heavy atom. The smallest absolute Gasteiger partial charge is 0.303 e. The van der Waals surface area contributed by atoms with E-state index in [-0.39, 0.29) is 6.42 Å². The molecule has 2 aromatic rings. The van der Waals surface area contributed by atoms with Gasteiger partial charge >= 0.3 is 5.97 Å². The normalized spacial score (nSPS) is 12.1. The second-order valence-corrected chi connectivity index (χ2v) is 5.37. The summed E-state index contributed by atoms with van der Waals surface area (Å²) in [5.41, 5.74) is 2.91. The summed E-state index contributed by atoms with van der Waals surface area (Å²) < 4.78 is 0. The summed E-state index contributed by atoms with van der Waals surface area (Å²) in [6.45, 7) is 0. The Bertz CT molecular complexity index is 590. The van der Waals surface area contributed by atoms with Crippen molar-refractivity contribution in [2.45, 2.75) is 25.4 Å². The third-order valence-corrected chi connectivity index (χ3v) is 3.59. The lowest BCUT2D eigenvalue weighted by Gasteiger charge is -2.11. The minimum atomic E-state index is -0.833. The van der Waals surface area contributed by atoms with Crippen molar-refractivity contribution in [3.8, 4) is 11.1 Å². The molecule has 4 heteroatoms. The van der Waals surface area contributed by atoms with Crippen LogP contribution in [-0.2, 0) is 4.79 Å². The number of rotatable bonds is 6. The van der Waals surface area contributed by atoms with Gasteiger partial charge in [0.2, 0.25) is 0 Å². The molecule has 110 valence electrons. The average Bonchev–Trinajstić information content (AvgIpc) is 2.48. The first kappa shape index (κ1) is 15.5. The van der Waals surface area contributed by atoms with Gasteiger partial charge in [-0.05, 0) is 41.7 Å². The predicted octanol–water partition coefficient (Wildman–Crippen LogP) is 4.30. The van der Waals surface area contributed by atoms with Crippen LogP contribution in [0.2, 0.25) is 5.02 Å². The maximum atomic E-state index is 10.5. The minimum Gasteiger partial charge on any atom is -0.481 e. The number of hydrogen-bond donors (Lipinski definition) is 2. The molecule has 0 heterocycles. The third kappa shape index (κ3) is 4.59. The molecule has 1 atom stereocenters. The first-order chi connectivity index (χ1) is 10.1. The second kappa shape index (κ2) is 7.25. The first-order valence-electron chi connectivity index (χ1n) is 6.82. The predicted molar refractivity (Wildman–Crippen MR) is 83.3 cm³/mol. The summed E-state index contributed by atoms with van der Waals surface area (Å²) in [6, 6.07) is 15.2. The molecule has 0 saturated carbocycles. The molecule has 0 amide bonds. The highest BCUT2D eigenvalue weighted by molar-refractivity contribution is 6.30. The summed E-state index contributed by atoms with van der Waals surface area (Å²) >= 11 is 5.86. The van der Waals surface area contributed by atoms with Gasteiger partial charge in [-0.2, -0.15) is 0 Å². The lowest BCUT2D eigenvalue weighted by molar-refractivity contribution is -0.137. The minimum absolute atomic E-state index is 0.0833. The lowest BCUT2D eigenvalue weighted by Crippen LogP contribution is -2.00. The molecule has 0 radical (unpaired) electrons. The van der Waals surface area contributed by atoms with Gasteiger partial charge in [0.25, 0.3) is 0 Å². The number of aliphatic hydroxyl groups is 1. The van der Waals surface area contributed by atoms with E-state index in [0.717, 1.165) is 16.7 Å². The Morgan fingerprint density at radius 2 is 1.52 bits per heavy atom. The maximum absolute atomic E-state index is 10.5. The molecule has 21 heavy (non-hydrogen) atoms. The quantitative estimate of drug-likeness (QED) is 0.836. The number of aliphatic hydroxyl groups excluding tert-OH is 1. The van der Waals surface area contributed by atoms with Crippen LogP contribution in [0.4, 0.5) is 0 Å². The Hall–Kier alpha value is -1.84. The zero-order chi connectivity index (χ0) is 15.2. The van der Waals surface area contributed by atoms with E-state index in [0.29, 0.717) is 17.9 Å². The van der Waals surface area contributed by atoms with Gasteiger partial charge in [0.1, 0.15) is 0 Å². The van der Waals surface area contributed by atoms with Crippen LogP contribution in [0.1, 0.15) is 30.9 Å². The fourth-order valence-electron chi connectivity index (χ4n) is 2.15. The van der Waals surface area contributed by atoms with Crippen molar-refractivity contribution in [3.05, 3.63) is 59.1 Å². The van der Waals surface area contributed by atoms with Gasteiger partial charge < -0.3 is 10.2 Å². The Balaban J connectivity index is 2.01. The topological polar surface area (TPSA) is 57.5 Å². The summed E-state index contributed by atoms with van der Waals surface area (Å²) in [6.07, 6.45) is 0.380. The van der Waals surface area contributed by atoms with Crippen LogP contribution in [-0.4, -0.2) is 16.2 Å². The molecular formula is C17H17ClO3. The molecule has 0 fully saturated rings. The van der Waals surface area contributed by atoms with Crippen molar-refractivity contribution in [2.75, 3.05) is 0 Å². The fourth-order valence-corrected chi connectivity index (χ4v) is 2.28. The van der Waals surface area contributed by atoms with Crippen LogP contribution in [0, 0.1) is 0 Å². The van der Waals surface area contributed by atoms with Gasteiger partial charge in [0.05, 0.1) is 6.10 Å². The van der Waals surface area contributed by atoms with Crippen molar-refractivity contribution in [1.82, 2.24) is 0 Å². The van der Waals surface area contributed by atoms with Crippen LogP contribution in [0.5, 0.6) is 0 Å². The van der Waals surface area contributed by atoms with Gasteiger partial charge in [-0.3, -0.25) is 4.79 Å². The molecule has 0 aliphatic carbocycles. The number of hydrogen-bond acceptors (Lipinski definition) is 2. The number of carbonyl (C=O) groups is 1. The van der Waals surface area contributed by atoms with Crippen molar-refractivity contribution in [3.63, 3.8) is 0 Å². The fraction of sp³-hybridized carbons (Fsp3) is 0.235. The van der Waals surface area contributed by atoms with Crippen LogP contribution in [0.25, 0.3) is 11.1 Å². The molecule has 0 aliphatic heterocycles. The third-order valence-electron chi connectivity index (χ3n) is 3.34. The highest BCUT2D eigenvalue weighted by Gasteiger charge is 2.09. The van der Waals surface area contributed by atoms with Crippen LogP contribution < -0.4 is 0 Å². The molecule has 0 saturated heterocycles. The Kier molecular flexibility index (Phi) is 5.37. The van der Waals surface area contributed by atoms with E-state index in [2.05, 4.69) is 0 Å². The maximum Gasteiger partial charge on any atom is 0.303 e. The molecule has 0 spiro atoms. The number of carboxylic acid groups (broad SMARTS) is 1. The van der Waals surface area contributed by atoms with Crippen molar-refractivity contribution in [1.29, 1.82) is 0 Å². The van der Waals surface area contributed by atoms with E-state index in [1.807, 2.05) is 48.5 Å². The molecule has 0 aromatic heterocycles. The number of halogens is 1. The van der Waals surface area contributed by atoms with Gasteiger partial charge in [0.15, 0.2) is 0 Å². The van der Waals surface area contributed by atoms with E-state index in [4.69, 9.17) is 16.7 Å². The Morgan fingerprint density at radius 3 is 2.05 bits per heavy atom. The van der Waals surface area contributed by atoms with E-state index in [1.54, 1.807) is 0 Å². The molecule has 0 bridgehead atoms. The van der Waals surface area contributed by atoms with Gasteiger partial charge in [-0.1, -0.05) is 48.0 Å². The highest BCUT2D eigenvalue weighted by Crippen LogP contribution is 2.25. The summed E-state index contributed by atoms with van der Waals surface area (Å²) in [4.78, 5) is 10.5. The van der Waals surface area contributed by atoms with Crippen molar-refractivity contribution >= 4 is 17.6 Å². The summed E-state index contributed by atoms with van der Waals surface area (Å²) in [5.74, 6) is -0.833. The highest BCUT2D eigenvalue weighted by atomic mass is 35.5. The zero-order valence-electron chi connectivity index (χ0n) is 11.5. The van der Waals surface area contributed by atoms with E-state index < -0.39 is 12.1 Å². The molecular weight excluding hydrogens is 288 g/mol. The van der Waals surface area contributed by atoms with Gasteiger partial charge in [-0.25, -0.2) is 0 Å². The lowest BCUT2D eigenvalue weighted by atomic mass is 9.99. The molecule has 1 unspecified atom stereocenters. The molecule has 2 rings (SSSR count). The van der Waals surface area contributed by atoms with Crippen LogP contribution in [0.15, 0.2) is 48.5 Å². The zero-order valence-corrected chi connectivity index (χ0v) is 12.3. The largest absolute Gasteiger partial charge is 0.481 e.